The van der Waals surface area contributed by atoms with Gasteiger partial charge in [0.1, 0.15) is 5.75 Å². The Morgan fingerprint density at radius 1 is 1.28 bits per heavy atom. The van der Waals surface area contributed by atoms with E-state index in [-0.39, 0.29) is 5.91 Å². The lowest BCUT2D eigenvalue weighted by molar-refractivity contribution is 0.102. The van der Waals surface area contributed by atoms with Gasteiger partial charge in [-0.15, -0.1) is 0 Å². The van der Waals surface area contributed by atoms with E-state index in [2.05, 4.69) is 28.5 Å². The quantitative estimate of drug-likeness (QED) is 0.879. The number of nitrogens with one attached hydrogen (secondary N) is 2. The Morgan fingerprint density at radius 2 is 2.08 bits per heavy atom. The third-order valence-corrected chi connectivity index (χ3v) is 4.40. The SMILES string of the molecule is COc1ccc(C(=O)Nc2cccc(CN3CCN[C@@H](C)C3)c2)cc1. The summed E-state index contributed by atoms with van der Waals surface area (Å²) < 4.78 is 5.12. The smallest absolute Gasteiger partial charge is 0.255 e. The number of hydrogen-bond acceptors (Lipinski definition) is 4. The van der Waals surface area contributed by atoms with Crippen molar-refractivity contribution >= 4 is 11.6 Å². The van der Waals surface area contributed by atoms with Gasteiger partial charge in [0.15, 0.2) is 0 Å². The fraction of sp³-hybridized carbons (Fsp3) is 0.350. The van der Waals surface area contributed by atoms with Crippen LogP contribution in [0.1, 0.15) is 22.8 Å². The van der Waals surface area contributed by atoms with Gasteiger partial charge in [0, 0.05) is 43.5 Å². The highest BCUT2D eigenvalue weighted by molar-refractivity contribution is 6.04. The summed E-state index contributed by atoms with van der Waals surface area (Å²) in [5.41, 5.74) is 2.64. The summed E-state index contributed by atoms with van der Waals surface area (Å²) in [5.74, 6) is 0.624. The average Bonchev–Trinajstić information content (AvgIpc) is 2.62. The fourth-order valence-corrected chi connectivity index (χ4v) is 3.11. The highest BCUT2D eigenvalue weighted by atomic mass is 16.5. The Hall–Kier alpha value is -2.37. The number of carbonyl (C=O) groups is 1. The molecule has 1 aliphatic rings. The molecule has 1 atom stereocenters. The zero-order chi connectivity index (χ0) is 17.6. The van der Waals surface area contributed by atoms with Crippen LogP contribution in [0.5, 0.6) is 5.75 Å². The second-order valence-corrected chi connectivity index (χ2v) is 6.47. The van der Waals surface area contributed by atoms with Gasteiger partial charge in [0.2, 0.25) is 0 Å². The summed E-state index contributed by atoms with van der Waals surface area (Å²) in [6.45, 7) is 6.22. The van der Waals surface area contributed by atoms with E-state index in [1.807, 2.05) is 18.2 Å². The van der Waals surface area contributed by atoms with Crippen molar-refractivity contribution in [2.45, 2.75) is 19.5 Å². The second-order valence-electron chi connectivity index (χ2n) is 6.47. The van der Waals surface area contributed by atoms with Crippen LogP contribution in [-0.4, -0.2) is 43.6 Å². The van der Waals surface area contributed by atoms with Gasteiger partial charge in [-0.05, 0) is 48.9 Å². The Morgan fingerprint density at radius 3 is 2.80 bits per heavy atom. The van der Waals surface area contributed by atoms with Crippen LogP contribution in [0.15, 0.2) is 48.5 Å². The molecular weight excluding hydrogens is 314 g/mol. The molecule has 1 amide bonds. The maximum atomic E-state index is 12.4. The summed E-state index contributed by atoms with van der Waals surface area (Å²) in [6, 6.07) is 15.7. The Bertz CT molecular complexity index is 715. The van der Waals surface area contributed by atoms with Gasteiger partial charge in [-0.3, -0.25) is 9.69 Å². The number of nitrogens with zero attached hydrogens (tertiary/aromatic N) is 1. The first-order valence-corrected chi connectivity index (χ1v) is 8.64. The standard InChI is InChI=1S/C20H25N3O2/c1-15-13-23(11-10-21-15)14-16-4-3-5-18(12-16)22-20(24)17-6-8-19(25-2)9-7-17/h3-9,12,15,21H,10-11,13-14H2,1-2H3,(H,22,24)/t15-/m0/s1. The van der Waals surface area contributed by atoms with Crippen molar-refractivity contribution in [1.82, 2.24) is 10.2 Å². The van der Waals surface area contributed by atoms with Crippen molar-refractivity contribution < 1.29 is 9.53 Å². The molecule has 2 N–H and O–H groups in total. The minimum Gasteiger partial charge on any atom is -0.497 e. The molecule has 3 rings (SSSR count). The van der Waals surface area contributed by atoms with Gasteiger partial charge in [-0.2, -0.15) is 0 Å². The first-order chi connectivity index (χ1) is 12.1. The van der Waals surface area contributed by atoms with Crippen LogP contribution in [-0.2, 0) is 6.54 Å². The molecule has 0 unspecified atom stereocenters. The predicted molar refractivity (Wildman–Crippen MR) is 100 cm³/mol. The number of anilines is 1. The third-order valence-electron chi connectivity index (χ3n) is 4.40. The topological polar surface area (TPSA) is 53.6 Å². The van der Waals surface area contributed by atoms with Crippen LogP contribution < -0.4 is 15.4 Å². The predicted octanol–water partition coefficient (Wildman–Crippen LogP) is 2.74. The molecule has 1 heterocycles. The van der Waals surface area contributed by atoms with Crippen LogP contribution in [0.25, 0.3) is 0 Å². The molecule has 5 heteroatoms. The van der Waals surface area contributed by atoms with E-state index in [0.29, 0.717) is 11.6 Å². The van der Waals surface area contributed by atoms with E-state index in [9.17, 15) is 4.79 Å². The molecule has 2 aromatic carbocycles. The number of piperazine rings is 1. The van der Waals surface area contributed by atoms with Gasteiger partial charge in [0.05, 0.1) is 7.11 Å². The van der Waals surface area contributed by atoms with Crippen LogP contribution in [0.2, 0.25) is 0 Å². The van der Waals surface area contributed by atoms with E-state index in [4.69, 9.17) is 4.74 Å². The lowest BCUT2D eigenvalue weighted by atomic mass is 10.1. The van der Waals surface area contributed by atoms with E-state index in [1.165, 1.54) is 5.56 Å². The Kier molecular flexibility index (Phi) is 5.68. The summed E-state index contributed by atoms with van der Waals surface area (Å²) in [7, 11) is 1.61. The molecule has 25 heavy (non-hydrogen) atoms. The molecule has 132 valence electrons. The van der Waals surface area contributed by atoms with Crippen LogP contribution in [0, 0.1) is 0 Å². The van der Waals surface area contributed by atoms with Crippen molar-refractivity contribution in [2.75, 3.05) is 32.1 Å². The second kappa shape index (κ2) is 8.14. The number of benzene rings is 2. The molecule has 0 bridgehead atoms. The summed E-state index contributed by atoms with van der Waals surface area (Å²) in [6.07, 6.45) is 0. The zero-order valence-corrected chi connectivity index (χ0v) is 14.8. The molecule has 0 saturated carbocycles. The summed E-state index contributed by atoms with van der Waals surface area (Å²) >= 11 is 0. The maximum Gasteiger partial charge on any atom is 0.255 e. The lowest BCUT2D eigenvalue weighted by Gasteiger charge is -2.31. The molecule has 5 nitrogen and oxygen atoms in total. The molecule has 2 aromatic rings. The van der Waals surface area contributed by atoms with Crippen LogP contribution in [0.4, 0.5) is 5.69 Å². The summed E-state index contributed by atoms with van der Waals surface area (Å²) in [5, 5.41) is 6.43. The van der Waals surface area contributed by atoms with E-state index in [1.54, 1.807) is 31.4 Å². The van der Waals surface area contributed by atoms with Crippen molar-refractivity contribution in [3.63, 3.8) is 0 Å². The van der Waals surface area contributed by atoms with Crippen molar-refractivity contribution in [3.8, 4) is 5.75 Å². The fourth-order valence-electron chi connectivity index (χ4n) is 3.11. The Labute approximate surface area is 149 Å². The van der Waals surface area contributed by atoms with E-state index in [0.717, 1.165) is 37.6 Å². The minimum absolute atomic E-state index is 0.115. The van der Waals surface area contributed by atoms with Gasteiger partial charge in [0.25, 0.3) is 5.91 Å². The van der Waals surface area contributed by atoms with E-state index >= 15 is 0 Å². The average molecular weight is 339 g/mol. The lowest BCUT2D eigenvalue weighted by Crippen LogP contribution is -2.48. The number of rotatable bonds is 5. The Balaban J connectivity index is 1.63. The molecule has 0 radical (unpaired) electrons. The molecule has 0 spiro atoms. The molecule has 1 aliphatic heterocycles. The zero-order valence-electron chi connectivity index (χ0n) is 14.8. The largest absolute Gasteiger partial charge is 0.497 e. The van der Waals surface area contributed by atoms with Gasteiger partial charge >= 0.3 is 0 Å². The van der Waals surface area contributed by atoms with Crippen molar-refractivity contribution in [2.24, 2.45) is 0 Å². The monoisotopic (exact) mass is 339 g/mol. The third kappa shape index (κ3) is 4.81. The first kappa shape index (κ1) is 17.5. The summed E-state index contributed by atoms with van der Waals surface area (Å²) in [4.78, 5) is 14.8. The highest BCUT2D eigenvalue weighted by Gasteiger charge is 2.15. The highest BCUT2D eigenvalue weighted by Crippen LogP contribution is 2.16. The molecule has 0 aromatic heterocycles. The van der Waals surface area contributed by atoms with E-state index < -0.39 is 0 Å². The molecule has 1 saturated heterocycles. The first-order valence-electron chi connectivity index (χ1n) is 8.64. The molecule has 1 fully saturated rings. The maximum absolute atomic E-state index is 12.4. The van der Waals surface area contributed by atoms with Gasteiger partial charge in [-0.1, -0.05) is 12.1 Å². The van der Waals surface area contributed by atoms with Crippen molar-refractivity contribution in [3.05, 3.63) is 59.7 Å². The van der Waals surface area contributed by atoms with Crippen LogP contribution >= 0.6 is 0 Å². The minimum atomic E-state index is -0.115. The molecule has 0 aliphatic carbocycles. The number of ether oxygens (including phenoxy) is 1. The van der Waals surface area contributed by atoms with Crippen LogP contribution in [0.3, 0.4) is 0 Å². The van der Waals surface area contributed by atoms with Crippen molar-refractivity contribution in [1.29, 1.82) is 0 Å². The number of hydrogen-bond donors (Lipinski definition) is 2. The number of methoxy groups -OCH3 is 1. The van der Waals surface area contributed by atoms with Gasteiger partial charge in [-0.25, -0.2) is 0 Å². The van der Waals surface area contributed by atoms with Gasteiger partial charge < -0.3 is 15.4 Å². The number of amides is 1. The normalized spacial score (nSPS) is 17.9. The molecular formula is C20H25N3O2. The number of carbonyl (C=O) groups excluding carboxylic acids is 1.